The molecule has 3 heterocycles. The highest BCUT2D eigenvalue weighted by Gasteiger charge is 2.35. The fourth-order valence-electron chi connectivity index (χ4n) is 2.88. The van der Waals surface area contributed by atoms with E-state index in [2.05, 4.69) is 31.9 Å². The molecule has 4 rings (SSSR count). The average molecular weight is 316 g/mol. The Morgan fingerprint density at radius 3 is 3.05 bits per heavy atom. The molecule has 0 amide bonds. The van der Waals surface area contributed by atoms with E-state index in [1.807, 2.05) is 12.1 Å². The van der Waals surface area contributed by atoms with Gasteiger partial charge in [0.2, 0.25) is 5.95 Å². The minimum absolute atomic E-state index is 0.126. The molecule has 0 unspecified atom stereocenters. The zero-order chi connectivity index (χ0) is 15.1. The molecule has 8 heteroatoms. The van der Waals surface area contributed by atoms with E-state index in [0.717, 1.165) is 12.8 Å². The minimum atomic E-state index is -0.189. The first kappa shape index (κ1) is 13.5. The number of nitrogens with zero attached hydrogens (tertiary/aromatic N) is 4. The molecule has 0 aliphatic heterocycles. The van der Waals surface area contributed by atoms with Crippen molar-refractivity contribution < 1.29 is 5.11 Å². The Morgan fingerprint density at radius 2 is 2.32 bits per heavy atom. The van der Waals surface area contributed by atoms with Gasteiger partial charge in [0.05, 0.1) is 12.1 Å². The van der Waals surface area contributed by atoms with Crippen LogP contribution in [0.25, 0.3) is 5.65 Å². The molecule has 1 atom stereocenters. The van der Waals surface area contributed by atoms with E-state index in [1.165, 1.54) is 4.88 Å². The van der Waals surface area contributed by atoms with Gasteiger partial charge in [-0.3, -0.25) is 4.40 Å². The Kier molecular flexibility index (Phi) is 3.20. The molecule has 1 saturated carbocycles. The van der Waals surface area contributed by atoms with E-state index < -0.39 is 0 Å². The van der Waals surface area contributed by atoms with Gasteiger partial charge < -0.3 is 16.2 Å². The van der Waals surface area contributed by atoms with E-state index in [9.17, 15) is 5.11 Å². The quantitative estimate of drug-likeness (QED) is 0.677. The third-order valence-corrected chi connectivity index (χ3v) is 5.05. The molecule has 3 aromatic heterocycles. The molecule has 0 aromatic carbocycles. The maximum Gasteiger partial charge on any atom is 0.209 e. The largest absolute Gasteiger partial charge is 0.393 e. The van der Waals surface area contributed by atoms with Crippen molar-refractivity contribution in [3.05, 3.63) is 34.8 Å². The molecule has 114 valence electrons. The predicted octanol–water partition coefficient (Wildman–Crippen LogP) is 1.69. The van der Waals surface area contributed by atoms with Gasteiger partial charge in [-0.2, -0.15) is 4.98 Å². The van der Waals surface area contributed by atoms with Crippen LogP contribution in [0, 0.1) is 5.92 Å². The summed E-state index contributed by atoms with van der Waals surface area (Å²) in [5.74, 6) is 1.42. The minimum Gasteiger partial charge on any atom is -0.393 e. The average Bonchev–Trinajstić information content (AvgIpc) is 3.12. The predicted molar refractivity (Wildman–Crippen MR) is 84.6 cm³/mol. The Bertz CT molecular complexity index is 780. The molecule has 1 aliphatic carbocycles. The Labute approximate surface area is 130 Å². The highest BCUT2D eigenvalue weighted by Crippen LogP contribution is 2.41. The molecule has 22 heavy (non-hydrogen) atoms. The second kappa shape index (κ2) is 5.22. The maximum absolute atomic E-state index is 9.61. The summed E-state index contributed by atoms with van der Waals surface area (Å²) in [6.45, 7) is 0. The number of aliphatic hydroxyl groups excluding tert-OH is 1. The fraction of sp³-hybridized carbons (Fsp3) is 0.357. The van der Waals surface area contributed by atoms with Gasteiger partial charge in [-0.15, -0.1) is 21.5 Å². The number of thiophene rings is 1. The molecule has 0 radical (unpaired) electrons. The van der Waals surface area contributed by atoms with E-state index in [1.54, 1.807) is 22.1 Å². The highest BCUT2D eigenvalue weighted by molar-refractivity contribution is 7.10. The summed E-state index contributed by atoms with van der Waals surface area (Å²) in [6, 6.07) is 6.10. The third-order valence-electron chi connectivity index (χ3n) is 4.10. The molecule has 1 fully saturated rings. The molecule has 4 N–H and O–H groups in total. The summed E-state index contributed by atoms with van der Waals surface area (Å²) in [4.78, 5) is 5.61. The van der Waals surface area contributed by atoms with E-state index in [4.69, 9.17) is 5.73 Å². The van der Waals surface area contributed by atoms with Crippen molar-refractivity contribution in [1.82, 2.24) is 19.6 Å². The molecule has 0 saturated heterocycles. The first-order valence-corrected chi connectivity index (χ1v) is 8.03. The second-order valence-corrected chi connectivity index (χ2v) is 6.56. The van der Waals surface area contributed by atoms with Gasteiger partial charge in [-0.1, -0.05) is 6.07 Å². The molecule has 0 bridgehead atoms. The van der Waals surface area contributed by atoms with Crippen LogP contribution in [0.1, 0.15) is 23.8 Å². The summed E-state index contributed by atoms with van der Waals surface area (Å²) in [5.41, 5.74) is 6.60. The number of nitrogens with one attached hydrogen (secondary N) is 1. The summed E-state index contributed by atoms with van der Waals surface area (Å²) < 4.78 is 1.64. The van der Waals surface area contributed by atoms with Gasteiger partial charge in [-0.25, -0.2) is 0 Å². The zero-order valence-electron chi connectivity index (χ0n) is 11.8. The first-order valence-electron chi connectivity index (χ1n) is 7.15. The maximum atomic E-state index is 9.61. The molecule has 7 nitrogen and oxygen atoms in total. The van der Waals surface area contributed by atoms with Gasteiger partial charge in [-0.05, 0) is 30.2 Å². The van der Waals surface area contributed by atoms with Crippen LogP contribution in [0.2, 0.25) is 0 Å². The first-order chi connectivity index (χ1) is 10.7. The lowest BCUT2D eigenvalue weighted by Gasteiger charge is -2.37. The summed E-state index contributed by atoms with van der Waals surface area (Å²) >= 11 is 1.70. The lowest BCUT2D eigenvalue weighted by molar-refractivity contribution is 0.0344. The molecule has 3 aromatic rings. The molecular weight excluding hydrogens is 300 g/mol. The monoisotopic (exact) mass is 316 g/mol. The lowest BCUT2D eigenvalue weighted by atomic mass is 9.77. The number of rotatable bonds is 4. The number of hydrogen-bond donors (Lipinski definition) is 3. The van der Waals surface area contributed by atoms with Crippen molar-refractivity contribution >= 4 is 28.8 Å². The van der Waals surface area contributed by atoms with Gasteiger partial charge in [0, 0.05) is 10.9 Å². The van der Waals surface area contributed by atoms with Crippen molar-refractivity contribution in [1.29, 1.82) is 0 Å². The number of aromatic nitrogens is 4. The van der Waals surface area contributed by atoms with Crippen LogP contribution in [0.3, 0.4) is 0 Å². The standard InChI is InChI=1S/C14H16N6OS/c15-14-18-11(6-12-19-16-7-20(12)14)17-13(8-4-9(21)5-8)10-2-1-3-22-10/h1-3,6-9,13,17,21H,4-5H2,(H2,15,18)/t8?,9?,13-/m0/s1. The van der Waals surface area contributed by atoms with Crippen LogP contribution in [0.15, 0.2) is 29.9 Å². The highest BCUT2D eigenvalue weighted by atomic mass is 32.1. The number of fused-ring (bicyclic) bond motifs is 1. The molecule has 1 aliphatic rings. The SMILES string of the molecule is Nc1nc(N[C@H](c2cccs2)C2CC(O)C2)cc2nncn12. The number of aliphatic hydroxyl groups is 1. The third kappa shape index (κ3) is 2.30. The van der Waals surface area contributed by atoms with Crippen LogP contribution in [-0.2, 0) is 0 Å². The van der Waals surface area contributed by atoms with Crippen molar-refractivity contribution in [2.45, 2.75) is 25.0 Å². The van der Waals surface area contributed by atoms with E-state index in [-0.39, 0.29) is 12.1 Å². The number of nitrogens with two attached hydrogens (primary N) is 1. The topological polar surface area (TPSA) is 101 Å². The fourth-order valence-corrected chi connectivity index (χ4v) is 3.74. The smallest absolute Gasteiger partial charge is 0.209 e. The second-order valence-electron chi connectivity index (χ2n) is 5.58. The van der Waals surface area contributed by atoms with Crippen molar-refractivity contribution in [3.8, 4) is 0 Å². The number of hydrogen-bond acceptors (Lipinski definition) is 7. The normalized spacial score (nSPS) is 22.4. The van der Waals surface area contributed by atoms with Crippen LogP contribution in [0.4, 0.5) is 11.8 Å². The van der Waals surface area contributed by atoms with Crippen LogP contribution in [-0.4, -0.2) is 30.8 Å². The Hall–Kier alpha value is -2.19. The van der Waals surface area contributed by atoms with E-state index in [0.29, 0.717) is 23.3 Å². The van der Waals surface area contributed by atoms with Crippen molar-refractivity contribution in [2.75, 3.05) is 11.1 Å². The van der Waals surface area contributed by atoms with Gasteiger partial charge in [0.15, 0.2) is 5.65 Å². The number of anilines is 2. The van der Waals surface area contributed by atoms with E-state index >= 15 is 0 Å². The molecule has 0 spiro atoms. The van der Waals surface area contributed by atoms with Crippen LogP contribution in [0.5, 0.6) is 0 Å². The summed E-state index contributed by atoms with van der Waals surface area (Å²) in [7, 11) is 0. The zero-order valence-corrected chi connectivity index (χ0v) is 12.6. The van der Waals surface area contributed by atoms with Crippen molar-refractivity contribution in [3.63, 3.8) is 0 Å². The summed E-state index contributed by atoms with van der Waals surface area (Å²) in [6.07, 6.45) is 2.96. The van der Waals surface area contributed by atoms with Gasteiger partial charge in [0.1, 0.15) is 12.1 Å². The number of nitrogen functional groups attached to an aromatic ring is 1. The van der Waals surface area contributed by atoms with Crippen molar-refractivity contribution in [2.24, 2.45) is 5.92 Å². The molecular formula is C14H16N6OS. The summed E-state index contributed by atoms with van der Waals surface area (Å²) in [5, 5.41) is 23.0. The lowest BCUT2D eigenvalue weighted by Crippen LogP contribution is -2.35. The Balaban J connectivity index is 1.65. The van der Waals surface area contributed by atoms with Gasteiger partial charge in [0.25, 0.3) is 0 Å². The Morgan fingerprint density at radius 1 is 1.45 bits per heavy atom. The van der Waals surface area contributed by atoms with Gasteiger partial charge >= 0.3 is 0 Å². The van der Waals surface area contributed by atoms with Crippen LogP contribution >= 0.6 is 11.3 Å². The van der Waals surface area contributed by atoms with Crippen LogP contribution < -0.4 is 11.1 Å².